The zero-order chi connectivity index (χ0) is 22.2. The molecule has 0 saturated heterocycles. The zero-order valence-electron chi connectivity index (χ0n) is 16.8. The Morgan fingerprint density at radius 2 is 1.84 bits per heavy atom. The molecule has 0 spiro atoms. The summed E-state index contributed by atoms with van der Waals surface area (Å²) in [6.45, 7) is 0.273. The average Bonchev–Trinajstić information content (AvgIpc) is 3.24. The van der Waals surface area contributed by atoms with E-state index in [1.807, 2.05) is 0 Å². The van der Waals surface area contributed by atoms with Crippen molar-refractivity contribution in [3.05, 3.63) is 59.3 Å². The second kappa shape index (κ2) is 10.1. The van der Waals surface area contributed by atoms with Crippen LogP contribution in [0.4, 0.5) is 0 Å². The fourth-order valence-electron chi connectivity index (χ4n) is 2.80. The lowest BCUT2D eigenvalue weighted by atomic mass is 10.1. The number of carboxylic acids is 1. The van der Waals surface area contributed by atoms with Crippen molar-refractivity contribution in [2.24, 2.45) is 0 Å². The monoisotopic (exact) mass is 426 g/mol. The molecule has 0 atom stereocenters. The summed E-state index contributed by atoms with van der Waals surface area (Å²) >= 11 is 0. The normalized spacial score (nSPS) is 12.2. The molecule has 1 heterocycles. The second-order valence-electron chi connectivity index (χ2n) is 6.61. The number of benzene rings is 2. The van der Waals surface area contributed by atoms with E-state index in [1.165, 1.54) is 13.2 Å². The quantitative estimate of drug-likeness (QED) is 0.415. The largest absolute Gasteiger partial charge is 0.497 e. The van der Waals surface area contributed by atoms with Crippen LogP contribution in [0, 0.1) is 0 Å². The van der Waals surface area contributed by atoms with Crippen molar-refractivity contribution in [1.29, 1.82) is 0 Å². The van der Waals surface area contributed by atoms with Crippen LogP contribution in [0.15, 0.2) is 48.2 Å². The van der Waals surface area contributed by atoms with Gasteiger partial charge in [-0.15, -0.1) is 0 Å². The third-order valence-electron chi connectivity index (χ3n) is 4.41. The van der Waals surface area contributed by atoms with Crippen LogP contribution in [-0.2, 0) is 9.59 Å². The summed E-state index contributed by atoms with van der Waals surface area (Å²) in [4.78, 5) is 36.0. The second-order valence-corrected chi connectivity index (χ2v) is 6.61. The SMILES string of the molecule is COc1ccc(C(=O)N/C(=C\c2ccc3c(c2)OCO3)C(=O)NCCCC(=O)O)cc1. The van der Waals surface area contributed by atoms with Crippen LogP contribution in [0.2, 0.25) is 0 Å². The molecule has 3 N–H and O–H groups in total. The number of nitrogens with one attached hydrogen (secondary N) is 2. The molecule has 162 valence electrons. The highest BCUT2D eigenvalue weighted by Crippen LogP contribution is 2.33. The summed E-state index contributed by atoms with van der Waals surface area (Å²) in [5, 5.41) is 14.0. The van der Waals surface area contributed by atoms with Crippen molar-refractivity contribution in [1.82, 2.24) is 10.6 Å². The molecule has 9 heteroatoms. The molecule has 0 bridgehead atoms. The number of fused-ring (bicyclic) bond motifs is 1. The molecular weight excluding hydrogens is 404 g/mol. The molecular formula is C22H22N2O7. The van der Waals surface area contributed by atoms with Crippen molar-refractivity contribution in [2.45, 2.75) is 12.8 Å². The van der Waals surface area contributed by atoms with E-state index in [2.05, 4.69) is 10.6 Å². The van der Waals surface area contributed by atoms with Crippen molar-refractivity contribution in [3.63, 3.8) is 0 Å². The van der Waals surface area contributed by atoms with Crippen LogP contribution < -0.4 is 24.8 Å². The van der Waals surface area contributed by atoms with Gasteiger partial charge >= 0.3 is 5.97 Å². The number of carbonyl (C=O) groups excluding carboxylic acids is 2. The maximum atomic E-state index is 12.7. The Morgan fingerprint density at radius 1 is 1.10 bits per heavy atom. The first-order valence-electron chi connectivity index (χ1n) is 9.53. The highest BCUT2D eigenvalue weighted by molar-refractivity contribution is 6.05. The number of aliphatic carboxylic acids is 1. The van der Waals surface area contributed by atoms with Gasteiger partial charge in [-0.1, -0.05) is 6.07 Å². The van der Waals surface area contributed by atoms with Gasteiger partial charge < -0.3 is 30.0 Å². The van der Waals surface area contributed by atoms with Gasteiger partial charge in [-0.05, 0) is 54.5 Å². The van der Waals surface area contributed by atoms with Gasteiger partial charge in [0.25, 0.3) is 11.8 Å². The van der Waals surface area contributed by atoms with Gasteiger partial charge in [0.1, 0.15) is 11.4 Å². The molecule has 9 nitrogen and oxygen atoms in total. The van der Waals surface area contributed by atoms with Crippen LogP contribution in [0.25, 0.3) is 6.08 Å². The van der Waals surface area contributed by atoms with Gasteiger partial charge in [0, 0.05) is 18.5 Å². The predicted octanol–water partition coefficient (Wildman–Crippen LogP) is 2.18. The Kier molecular flexibility index (Phi) is 7.10. The molecule has 0 radical (unpaired) electrons. The van der Waals surface area contributed by atoms with Crippen molar-refractivity contribution >= 4 is 23.9 Å². The third kappa shape index (κ3) is 5.99. The van der Waals surface area contributed by atoms with Crippen LogP contribution in [-0.4, -0.2) is 43.3 Å². The van der Waals surface area contributed by atoms with E-state index in [-0.39, 0.29) is 31.9 Å². The molecule has 0 aromatic heterocycles. The summed E-state index contributed by atoms with van der Waals surface area (Å²) in [7, 11) is 1.52. The Morgan fingerprint density at radius 3 is 2.55 bits per heavy atom. The lowest BCUT2D eigenvalue weighted by molar-refractivity contribution is -0.137. The standard InChI is InChI=1S/C22H22N2O7/c1-29-16-7-5-15(6-8-16)21(27)24-17(22(28)23-10-2-3-20(25)26)11-14-4-9-18-19(12-14)31-13-30-18/h4-9,11-12H,2-3,10,13H2,1H3,(H,23,28)(H,24,27)(H,25,26)/b17-11-. The molecule has 2 aromatic rings. The van der Waals surface area contributed by atoms with Gasteiger partial charge in [-0.25, -0.2) is 0 Å². The number of carboxylic acid groups (broad SMARTS) is 1. The molecule has 2 amide bonds. The number of carbonyl (C=O) groups is 3. The van der Waals surface area contributed by atoms with Gasteiger partial charge in [-0.2, -0.15) is 0 Å². The fourth-order valence-corrected chi connectivity index (χ4v) is 2.80. The first-order chi connectivity index (χ1) is 15.0. The zero-order valence-corrected chi connectivity index (χ0v) is 16.8. The molecule has 31 heavy (non-hydrogen) atoms. The van der Waals surface area contributed by atoms with Crippen LogP contribution in [0.5, 0.6) is 17.2 Å². The highest BCUT2D eigenvalue weighted by Gasteiger charge is 2.17. The smallest absolute Gasteiger partial charge is 0.303 e. The average molecular weight is 426 g/mol. The summed E-state index contributed by atoms with van der Waals surface area (Å²) in [5.74, 6) is -0.224. The number of ether oxygens (including phenoxy) is 3. The van der Waals surface area contributed by atoms with Gasteiger partial charge in [0.15, 0.2) is 11.5 Å². The molecule has 3 rings (SSSR count). The molecule has 1 aliphatic rings. The van der Waals surface area contributed by atoms with Gasteiger partial charge in [0.05, 0.1) is 7.11 Å². The van der Waals surface area contributed by atoms with Crippen LogP contribution >= 0.6 is 0 Å². The van der Waals surface area contributed by atoms with E-state index >= 15 is 0 Å². The molecule has 0 aliphatic carbocycles. The number of hydrogen-bond donors (Lipinski definition) is 3. The summed E-state index contributed by atoms with van der Waals surface area (Å²) in [5.41, 5.74) is 0.973. The van der Waals surface area contributed by atoms with E-state index in [9.17, 15) is 14.4 Å². The summed E-state index contributed by atoms with van der Waals surface area (Å²) < 4.78 is 15.7. The molecule has 0 fully saturated rings. The number of rotatable bonds is 9. The minimum absolute atomic E-state index is 0.00927. The maximum Gasteiger partial charge on any atom is 0.303 e. The molecule has 2 aromatic carbocycles. The maximum absolute atomic E-state index is 12.7. The highest BCUT2D eigenvalue weighted by atomic mass is 16.7. The van der Waals surface area contributed by atoms with Crippen molar-refractivity contribution < 1.29 is 33.7 Å². The third-order valence-corrected chi connectivity index (χ3v) is 4.41. The Labute approximate surface area is 178 Å². The Balaban J connectivity index is 1.78. The molecule has 1 aliphatic heterocycles. The van der Waals surface area contributed by atoms with E-state index in [4.69, 9.17) is 19.3 Å². The Hall–Kier alpha value is -4.01. The van der Waals surface area contributed by atoms with Crippen molar-refractivity contribution in [3.8, 4) is 17.2 Å². The summed E-state index contributed by atoms with van der Waals surface area (Å²) in [6, 6.07) is 11.6. The predicted molar refractivity (Wildman–Crippen MR) is 111 cm³/mol. The summed E-state index contributed by atoms with van der Waals surface area (Å²) in [6.07, 6.45) is 1.71. The lowest BCUT2D eigenvalue weighted by Crippen LogP contribution is -2.35. The van der Waals surface area contributed by atoms with Crippen molar-refractivity contribution in [2.75, 3.05) is 20.4 Å². The number of hydrogen-bond acceptors (Lipinski definition) is 6. The number of methoxy groups -OCH3 is 1. The first kappa shape index (κ1) is 21.7. The van der Waals surface area contributed by atoms with Gasteiger partial charge in [-0.3, -0.25) is 14.4 Å². The van der Waals surface area contributed by atoms with Gasteiger partial charge in [0.2, 0.25) is 6.79 Å². The fraction of sp³-hybridized carbons (Fsp3) is 0.227. The Bertz CT molecular complexity index is 999. The van der Waals surface area contributed by atoms with E-state index in [0.29, 0.717) is 28.4 Å². The lowest BCUT2D eigenvalue weighted by Gasteiger charge is -2.11. The molecule has 0 unspecified atom stereocenters. The minimum Gasteiger partial charge on any atom is -0.497 e. The van der Waals surface area contributed by atoms with Crippen LogP contribution in [0.1, 0.15) is 28.8 Å². The van der Waals surface area contributed by atoms with E-state index in [0.717, 1.165) is 0 Å². The minimum atomic E-state index is -0.946. The van der Waals surface area contributed by atoms with E-state index in [1.54, 1.807) is 42.5 Å². The van der Waals surface area contributed by atoms with Crippen LogP contribution in [0.3, 0.4) is 0 Å². The number of amides is 2. The first-order valence-corrected chi connectivity index (χ1v) is 9.53. The topological polar surface area (TPSA) is 123 Å². The van der Waals surface area contributed by atoms with E-state index < -0.39 is 17.8 Å². The molecule has 0 saturated carbocycles.